The first-order valence-electron chi connectivity index (χ1n) is 6.04. The van der Waals surface area contributed by atoms with Crippen molar-refractivity contribution in [1.82, 2.24) is 0 Å². The third-order valence-electron chi connectivity index (χ3n) is 2.80. The van der Waals surface area contributed by atoms with Crippen molar-refractivity contribution in [3.63, 3.8) is 0 Å². The first-order valence-corrected chi connectivity index (χ1v) is 7.86. The molecule has 6 nitrogen and oxygen atoms in total. The Balaban J connectivity index is 2.04. The van der Waals surface area contributed by atoms with Gasteiger partial charge in [0.15, 0.2) is 5.75 Å². The highest BCUT2D eigenvalue weighted by Gasteiger charge is 2.21. The molecule has 1 amide bonds. The van der Waals surface area contributed by atoms with Crippen LogP contribution in [0.1, 0.15) is 10.4 Å². The number of rotatable bonds is 2. The highest BCUT2D eigenvalue weighted by molar-refractivity contribution is 7.86. The first-order chi connectivity index (χ1) is 9.92. The van der Waals surface area contributed by atoms with Crippen LogP contribution < -0.4 is 14.2 Å². The molecule has 0 saturated carbocycles. The number of hydrogen-bond acceptors (Lipinski definition) is 5. The molecule has 2 aromatic rings. The van der Waals surface area contributed by atoms with Gasteiger partial charge in [-0.05, 0) is 30.3 Å². The molecule has 0 spiro atoms. The van der Waals surface area contributed by atoms with E-state index >= 15 is 0 Å². The molecule has 0 atom stereocenters. The van der Waals surface area contributed by atoms with Gasteiger partial charge in [-0.25, -0.2) is 0 Å². The average Bonchev–Trinajstić information content (AvgIpc) is 2.53. The van der Waals surface area contributed by atoms with E-state index in [1.54, 1.807) is 24.3 Å². The van der Waals surface area contributed by atoms with Gasteiger partial charge in [0.2, 0.25) is 0 Å². The molecule has 7 heteroatoms. The molecule has 0 radical (unpaired) electrons. The second-order valence-electron chi connectivity index (χ2n) is 4.50. The van der Waals surface area contributed by atoms with Gasteiger partial charge in [0.05, 0.1) is 17.5 Å². The lowest BCUT2D eigenvalue weighted by Gasteiger charge is -2.08. The second kappa shape index (κ2) is 4.78. The highest BCUT2D eigenvalue weighted by Crippen LogP contribution is 2.36. The quantitative estimate of drug-likeness (QED) is 0.861. The number of amides is 1. The molecule has 0 bridgehead atoms. The van der Waals surface area contributed by atoms with Crippen LogP contribution in [-0.2, 0) is 10.1 Å². The van der Waals surface area contributed by atoms with Crippen molar-refractivity contribution in [1.29, 1.82) is 0 Å². The van der Waals surface area contributed by atoms with Crippen LogP contribution in [0.5, 0.6) is 17.2 Å². The zero-order chi connectivity index (χ0) is 15.0. The van der Waals surface area contributed by atoms with Crippen LogP contribution in [0, 0.1) is 0 Å². The number of hydrogen-bond donors (Lipinski definition) is 1. The van der Waals surface area contributed by atoms with Gasteiger partial charge >= 0.3 is 10.1 Å². The van der Waals surface area contributed by atoms with E-state index in [2.05, 4.69) is 5.32 Å². The molecule has 0 unspecified atom stereocenters. The summed E-state index contributed by atoms with van der Waals surface area (Å²) in [5, 5.41) is 2.70. The summed E-state index contributed by atoms with van der Waals surface area (Å²) in [6.07, 6.45) is 0.936. The van der Waals surface area contributed by atoms with Crippen molar-refractivity contribution < 1.29 is 22.1 Å². The molecule has 1 N–H and O–H groups in total. The van der Waals surface area contributed by atoms with Crippen LogP contribution in [0.4, 0.5) is 5.69 Å². The SMILES string of the molecule is CS(=O)(=O)Oc1ccc2c(c1)C(=O)Nc1ccccc1O2. The lowest BCUT2D eigenvalue weighted by molar-refractivity contribution is 0.102. The Labute approximate surface area is 121 Å². The fourth-order valence-corrected chi connectivity index (χ4v) is 2.42. The van der Waals surface area contributed by atoms with Gasteiger partial charge < -0.3 is 14.2 Å². The molecule has 108 valence electrons. The molecular formula is C14H11NO5S. The summed E-state index contributed by atoms with van der Waals surface area (Å²) in [5.74, 6) is 0.509. The molecule has 21 heavy (non-hydrogen) atoms. The van der Waals surface area contributed by atoms with E-state index in [9.17, 15) is 13.2 Å². The molecule has 3 rings (SSSR count). The topological polar surface area (TPSA) is 81.7 Å². The fourth-order valence-electron chi connectivity index (χ4n) is 1.97. The van der Waals surface area contributed by atoms with E-state index in [0.29, 0.717) is 17.2 Å². The van der Waals surface area contributed by atoms with Crippen molar-refractivity contribution in [2.24, 2.45) is 0 Å². The van der Waals surface area contributed by atoms with Crippen molar-refractivity contribution in [2.75, 3.05) is 11.6 Å². The Morgan fingerprint density at radius 1 is 1.10 bits per heavy atom. The van der Waals surface area contributed by atoms with E-state index in [0.717, 1.165) is 6.26 Å². The highest BCUT2D eigenvalue weighted by atomic mass is 32.2. The molecule has 0 aromatic heterocycles. The smallest absolute Gasteiger partial charge is 0.306 e. The monoisotopic (exact) mass is 305 g/mol. The Kier molecular flexibility index (Phi) is 3.06. The Morgan fingerprint density at radius 3 is 2.62 bits per heavy atom. The molecule has 0 aliphatic carbocycles. The Morgan fingerprint density at radius 2 is 1.86 bits per heavy atom. The van der Waals surface area contributed by atoms with E-state index in [1.165, 1.54) is 18.2 Å². The molecule has 0 saturated heterocycles. The van der Waals surface area contributed by atoms with E-state index in [4.69, 9.17) is 8.92 Å². The normalized spacial score (nSPS) is 13.3. The lowest BCUT2D eigenvalue weighted by atomic mass is 10.2. The summed E-state index contributed by atoms with van der Waals surface area (Å²) in [7, 11) is -3.66. The zero-order valence-electron chi connectivity index (χ0n) is 11.0. The minimum atomic E-state index is -3.66. The molecular weight excluding hydrogens is 294 g/mol. The van der Waals surface area contributed by atoms with Gasteiger partial charge in [-0.2, -0.15) is 8.42 Å². The summed E-state index contributed by atoms with van der Waals surface area (Å²) >= 11 is 0. The van der Waals surface area contributed by atoms with E-state index in [1.807, 2.05) is 0 Å². The van der Waals surface area contributed by atoms with Crippen LogP contribution in [0.3, 0.4) is 0 Å². The van der Waals surface area contributed by atoms with Crippen LogP contribution in [0.2, 0.25) is 0 Å². The maximum absolute atomic E-state index is 12.2. The number of ether oxygens (including phenoxy) is 1. The van der Waals surface area contributed by atoms with Crippen LogP contribution in [0.15, 0.2) is 42.5 Å². The maximum Gasteiger partial charge on any atom is 0.306 e. The molecule has 0 fully saturated rings. The Bertz CT molecular complexity index is 829. The number of carbonyl (C=O) groups is 1. The second-order valence-corrected chi connectivity index (χ2v) is 6.07. The summed E-state index contributed by atoms with van der Waals surface area (Å²) in [4.78, 5) is 12.2. The van der Waals surface area contributed by atoms with Crippen molar-refractivity contribution in [2.45, 2.75) is 0 Å². The number of fused-ring (bicyclic) bond motifs is 2. The van der Waals surface area contributed by atoms with Gasteiger partial charge in [0.1, 0.15) is 11.5 Å². The van der Waals surface area contributed by atoms with Gasteiger partial charge in [0, 0.05) is 0 Å². The van der Waals surface area contributed by atoms with Crippen molar-refractivity contribution >= 4 is 21.7 Å². The van der Waals surface area contributed by atoms with Crippen LogP contribution in [-0.4, -0.2) is 20.6 Å². The number of anilines is 1. The standard InChI is InChI=1S/C14H11NO5S/c1-21(17,18)20-9-6-7-12-10(8-9)14(16)15-11-4-2-3-5-13(11)19-12/h2-8H,1H3,(H,15,16). The van der Waals surface area contributed by atoms with Gasteiger partial charge in [0.25, 0.3) is 5.91 Å². The molecule has 2 aromatic carbocycles. The fraction of sp³-hybridized carbons (Fsp3) is 0.0714. The van der Waals surface area contributed by atoms with E-state index < -0.39 is 16.0 Å². The van der Waals surface area contributed by atoms with Crippen molar-refractivity contribution in [3.8, 4) is 17.2 Å². The molecule has 1 heterocycles. The number of benzene rings is 2. The van der Waals surface area contributed by atoms with Crippen molar-refractivity contribution in [3.05, 3.63) is 48.0 Å². The first kappa shape index (κ1) is 13.4. The maximum atomic E-state index is 12.2. The van der Waals surface area contributed by atoms with Gasteiger partial charge in [-0.15, -0.1) is 0 Å². The third-order valence-corrected chi connectivity index (χ3v) is 3.29. The Hall–Kier alpha value is -2.54. The zero-order valence-corrected chi connectivity index (χ0v) is 11.8. The predicted molar refractivity (Wildman–Crippen MR) is 76.4 cm³/mol. The van der Waals surface area contributed by atoms with E-state index in [-0.39, 0.29) is 11.3 Å². The van der Waals surface area contributed by atoms with Gasteiger partial charge in [-0.1, -0.05) is 12.1 Å². The molecule has 1 aliphatic heterocycles. The predicted octanol–water partition coefficient (Wildman–Crippen LogP) is 2.38. The minimum Gasteiger partial charge on any atom is -0.454 e. The number of nitrogens with one attached hydrogen (secondary N) is 1. The number of para-hydroxylation sites is 2. The van der Waals surface area contributed by atoms with Crippen LogP contribution >= 0.6 is 0 Å². The van der Waals surface area contributed by atoms with Crippen LogP contribution in [0.25, 0.3) is 0 Å². The minimum absolute atomic E-state index is 0.0564. The average molecular weight is 305 g/mol. The number of carbonyl (C=O) groups excluding carboxylic acids is 1. The van der Waals surface area contributed by atoms with Gasteiger partial charge in [-0.3, -0.25) is 4.79 Å². The summed E-state index contributed by atoms with van der Waals surface area (Å²) < 4.78 is 32.7. The largest absolute Gasteiger partial charge is 0.454 e. The molecule has 1 aliphatic rings. The summed E-state index contributed by atoms with van der Waals surface area (Å²) in [6.45, 7) is 0. The summed E-state index contributed by atoms with van der Waals surface area (Å²) in [6, 6.07) is 11.3. The summed E-state index contributed by atoms with van der Waals surface area (Å²) in [5.41, 5.74) is 0.747. The third kappa shape index (κ3) is 2.82. The lowest BCUT2D eigenvalue weighted by Crippen LogP contribution is -2.11.